The Hall–Kier alpha value is -3.13. The van der Waals surface area contributed by atoms with E-state index in [1.165, 1.54) is 25.1 Å². The van der Waals surface area contributed by atoms with Crippen molar-refractivity contribution in [2.24, 2.45) is 10.2 Å². The van der Waals surface area contributed by atoms with E-state index in [0.29, 0.717) is 45.9 Å². The van der Waals surface area contributed by atoms with Gasteiger partial charge in [-0.3, -0.25) is 8.98 Å². The highest BCUT2D eigenvalue weighted by atomic mass is 32.2. The van der Waals surface area contributed by atoms with Crippen LogP contribution in [0.25, 0.3) is 21.5 Å². The lowest BCUT2D eigenvalue weighted by molar-refractivity contribution is -0.434. The van der Waals surface area contributed by atoms with Gasteiger partial charge in [0, 0.05) is 28.3 Å². The molecule has 0 saturated carbocycles. The van der Waals surface area contributed by atoms with E-state index in [1.807, 2.05) is 0 Å². The summed E-state index contributed by atoms with van der Waals surface area (Å²) < 4.78 is 44.6. The maximum atomic E-state index is 13.3. The van der Waals surface area contributed by atoms with E-state index in [4.69, 9.17) is 20.0 Å². The van der Waals surface area contributed by atoms with Gasteiger partial charge in [-0.05, 0) is 59.3 Å². The highest BCUT2D eigenvalue weighted by molar-refractivity contribution is 7.95. The molecule has 21 heteroatoms. The van der Waals surface area contributed by atoms with E-state index in [1.54, 1.807) is 36.4 Å². The highest BCUT2D eigenvalue weighted by Gasteiger charge is 2.21. The molecule has 0 unspecified atom stereocenters. The van der Waals surface area contributed by atoms with E-state index >= 15 is 0 Å². The predicted octanol–water partition coefficient (Wildman–Crippen LogP) is 6.70. The minimum Gasteiger partial charge on any atom is -0.505 e. The van der Waals surface area contributed by atoms with Gasteiger partial charge in [-0.15, -0.1) is 18.1 Å². The third-order valence-corrected chi connectivity index (χ3v) is 8.97. The minimum atomic E-state index is -4.03. The topological polar surface area (TPSA) is 233 Å². The molecule has 45 heavy (non-hydrogen) atoms. The van der Waals surface area contributed by atoms with E-state index < -0.39 is 15.6 Å². The average molecular weight is 704 g/mol. The molecule has 0 heterocycles. The molecule has 0 radical (unpaired) electrons. The number of nitrogens with zero attached hydrogens (tertiary/aromatic N) is 2. The maximum absolute atomic E-state index is 13.3. The van der Waals surface area contributed by atoms with Crippen molar-refractivity contribution in [3.8, 4) is 5.75 Å². The van der Waals surface area contributed by atoms with Crippen LogP contribution in [0.3, 0.4) is 0 Å². The van der Waals surface area contributed by atoms with Crippen molar-refractivity contribution in [2.75, 3.05) is 17.7 Å². The van der Waals surface area contributed by atoms with Crippen molar-refractivity contribution in [3.63, 3.8) is 0 Å². The van der Waals surface area contributed by atoms with Crippen LogP contribution in [0.4, 0.5) is 17.1 Å². The Balaban J connectivity index is 1.75. The number of aromatic hydroxyl groups is 1. The number of benzene rings is 4. The van der Waals surface area contributed by atoms with Gasteiger partial charge in [-0.25, -0.2) is 24.2 Å². The molecule has 4 aromatic carbocycles. The average Bonchev–Trinajstić information content (AvgIpc) is 3.01. The number of carbonyl (C=O) groups excluding carboxylic acids is 1. The second-order valence-electron chi connectivity index (χ2n) is 8.52. The zero-order valence-electron chi connectivity index (χ0n) is 22.5. The van der Waals surface area contributed by atoms with Crippen LogP contribution in [0.15, 0.2) is 79.5 Å². The fourth-order valence-electron chi connectivity index (χ4n) is 3.98. The Morgan fingerprint density at radius 1 is 0.867 bits per heavy atom. The van der Waals surface area contributed by atoms with E-state index in [2.05, 4.69) is 43.7 Å². The lowest BCUT2D eigenvalue weighted by atomic mass is 10.1. The van der Waals surface area contributed by atoms with Crippen molar-refractivity contribution < 1.29 is 66.4 Å². The zero-order valence-corrected chi connectivity index (χ0v) is 25.8. The smallest absolute Gasteiger partial charge is 0.221 e. The monoisotopic (exact) mass is 703 g/mol. The number of phenolic OH excluding ortho intramolecular Hbond substituents is 1. The van der Waals surface area contributed by atoms with Gasteiger partial charge in [-0.2, -0.15) is 5.11 Å². The number of amides is 1. The molecular weight excluding hydrogens is 683 g/mol. The molecule has 0 aliphatic rings. The Morgan fingerprint density at radius 2 is 1.62 bits per heavy atom. The van der Waals surface area contributed by atoms with Gasteiger partial charge in [0.05, 0.1) is 51.9 Å². The van der Waals surface area contributed by atoms with E-state index in [9.17, 15) is 18.3 Å². The van der Waals surface area contributed by atoms with Crippen LogP contribution < -0.4 is 5.32 Å². The summed E-state index contributed by atoms with van der Waals surface area (Å²) in [6.45, 7) is 1.00. The third kappa shape index (κ3) is 9.21. The lowest BCUT2D eigenvalue weighted by Crippen LogP contribution is -2.12. The first-order chi connectivity index (χ1) is 21.7. The van der Waals surface area contributed by atoms with Crippen LogP contribution in [0, 0.1) is 0 Å². The Morgan fingerprint density at radius 3 is 2.36 bits per heavy atom. The second kappa shape index (κ2) is 16.4. The van der Waals surface area contributed by atoms with Crippen LogP contribution in [0.5, 0.6) is 5.75 Å². The van der Waals surface area contributed by atoms with E-state index in [-0.39, 0.29) is 62.0 Å². The molecule has 0 aliphatic heterocycles. The first-order valence-corrected chi connectivity index (χ1v) is 15.8. The number of hydrogen-bond donors (Lipinski definition) is 5. The van der Waals surface area contributed by atoms with Crippen molar-refractivity contribution in [2.45, 2.75) is 21.6 Å². The first-order valence-electron chi connectivity index (χ1n) is 12.0. The molecule has 4 rings (SSSR count). The number of nitrogens with one attached hydrogen (secondary N) is 1. The van der Waals surface area contributed by atoms with Gasteiger partial charge in [0.2, 0.25) is 5.91 Å². The van der Waals surface area contributed by atoms with Crippen molar-refractivity contribution >= 4 is 90.8 Å². The summed E-state index contributed by atoms with van der Waals surface area (Å²) in [5.74, 6) is -1.11. The van der Waals surface area contributed by atoms with Gasteiger partial charge in [0.1, 0.15) is 5.69 Å². The molecule has 0 atom stereocenters. The van der Waals surface area contributed by atoms with Crippen molar-refractivity contribution in [1.82, 2.24) is 0 Å². The van der Waals surface area contributed by atoms with Crippen LogP contribution in [-0.2, 0) is 46.9 Å². The quantitative estimate of drug-likeness (QED) is 0.0268. The van der Waals surface area contributed by atoms with Gasteiger partial charge < -0.3 is 10.4 Å². The summed E-state index contributed by atoms with van der Waals surface area (Å²) in [5, 5.41) is 59.7. The molecule has 0 bridgehead atoms. The van der Waals surface area contributed by atoms with Crippen molar-refractivity contribution in [1.29, 1.82) is 0 Å². The number of anilines is 1. The SMILES string of the molecule is CC(=O)Nc1ccc2c(O)c(N=Nc3ccc4cc(SOOO)cc(S(=O)(=O)CCOSOOO)c4c3)c(SOOO)cc2c1. The number of hydrogen-bond acceptors (Lipinski definition) is 19. The Kier molecular flexibility index (Phi) is 12.7. The summed E-state index contributed by atoms with van der Waals surface area (Å²) in [6, 6.07) is 13.7. The predicted molar refractivity (Wildman–Crippen MR) is 160 cm³/mol. The van der Waals surface area contributed by atoms with Gasteiger partial charge in [0.15, 0.2) is 27.9 Å². The summed E-state index contributed by atoms with van der Waals surface area (Å²) >= 11 is 1.30. The molecule has 0 aromatic heterocycles. The first kappa shape index (κ1) is 34.7. The fraction of sp³-hybridized carbons (Fsp3) is 0.125. The summed E-state index contributed by atoms with van der Waals surface area (Å²) in [4.78, 5) is 11.8. The summed E-state index contributed by atoms with van der Waals surface area (Å²) in [6.07, 6.45) is 0. The molecule has 5 N–H and O–H groups in total. The molecule has 0 saturated heterocycles. The molecule has 4 aromatic rings. The second-order valence-corrected chi connectivity index (χ2v) is 12.6. The molecule has 0 fully saturated rings. The number of sulfone groups is 1. The zero-order chi connectivity index (χ0) is 32.4. The standard InChI is InChI=1S/C24H21N3O14S4/c1-13(28)25-16-4-5-19-15(8-16)10-21(43-40-37-31)23(24(19)29)27-26-17-3-2-14-9-18(42-39-36-30)12-22(20(14)11-17)45(33,34)7-6-35-44-41-38-32/h2-5,8-12,29-32H,6-7H2,1H3,(H,25,28). The number of rotatable bonds is 16. The normalized spacial score (nSPS) is 12.0. The fourth-order valence-corrected chi connectivity index (χ4v) is 6.66. The highest BCUT2D eigenvalue weighted by Crippen LogP contribution is 2.45. The third-order valence-electron chi connectivity index (χ3n) is 5.70. The number of azo groups is 1. The Bertz CT molecular complexity index is 1810. The molecule has 240 valence electrons. The summed E-state index contributed by atoms with van der Waals surface area (Å²) in [7, 11) is -4.03. The van der Waals surface area contributed by atoms with Crippen LogP contribution in [0.2, 0.25) is 0 Å². The largest absolute Gasteiger partial charge is 0.505 e. The number of phenols is 1. The van der Waals surface area contributed by atoms with Gasteiger partial charge >= 0.3 is 0 Å². The van der Waals surface area contributed by atoms with Crippen LogP contribution in [0.1, 0.15) is 6.92 Å². The lowest BCUT2D eigenvalue weighted by Gasteiger charge is -2.11. The summed E-state index contributed by atoms with van der Waals surface area (Å²) in [5.41, 5.74) is 0.586. The molecular formula is C24H21N3O14S4. The molecule has 17 nitrogen and oxygen atoms in total. The molecule has 0 spiro atoms. The number of fused-ring (bicyclic) bond motifs is 2. The maximum Gasteiger partial charge on any atom is 0.221 e. The minimum absolute atomic E-state index is 0.0682. The molecule has 1 amide bonds. The van der Waals surface area contributed by atoms with Crippen LogP contribution in [-0.4, -0.2) is 47.6 Å². The Labute approximate surface area is 266 Å². The molecule has 0 aliphatic carbocycles. The van der Waals surface area contributed by atoms with E-state index in [0.717, 1.165) is 0 Å². The van der Waals surface area contributed by atoms with Gasteiger partial charge in [-0.1, -0.05) is 21.2 Å². The number of carbonyl (C=O) groups is 1. The van der Waals surface area contributed by atoms with Crippen molar-refractivity contribution in [3.05, 3.63) is 54.6 Å². The van der Waals surface area contributed by atoms with Crippen LogP contribution >= 0.6 is 36.4 Å². The van der Waals surface area contributed by atoms with Gasteiger partial charge in [0.25, 0.3) is 0 Å².